The molecule has 1 unspecified atom stereocenters. The number of alkyl halides is 3. The summed E-state index contributed by atoms with van der Waals surface area (Å²) < 4.78 is 66.6. The SMILES string of the molecule is O=C(NC1CCCCC1)C1CCCN(S(=O)(=O)c2ccccc2C(F)(F)F)C1. The fraction of sp³-hybridized carbons (Fsp3) is 0.632. The first kappa shape index (κ1) is 21.1. The zero-order valence-electron chi connectivity index (χ0n) is 15.5. The van der Waals surface area contributed by atoms with Crippen LogP contribution in [0.15, 0.2) is 29.2 Å². The van der Waals surface area contributed by atoms with Gasteiger partial charge >= 0.3 is 6.18 Å². The molecule has 1 saturated heterocycles. The van der Waals surface area contributed by atoms with E-state index in [1.165, 1.54) is 12.1 Å². The van der Waals surface area contributed by atoms with Crippen LogP contribution < -0.4 is 5.32 Å². The third kappa shape index (κ3) is 4.68. The summed E-state index contributed by atoms with van der Waals surface area (Å²) in [4.78, 5) is 11.8. The Morgan fingerprint density at radius 3 is 2.39 bits per heavy atom. The van der Waals surface area contributed by atoms with E-state index in [2.05, 4.69) is 5.32 Å². The molecule has 1 amide bonds. The molecule has 1 N–H and O–H groups in total. The predicted molar refractivity (Wildman–Crippen MR) is 97.9 cm³/mol. The molecule has 1 aliphatic carbocycles. The molecule has 1 heterocycles. The van der Waals surface area contributed by atoms with E-state index in [1.54, 1.807) is 0 Å². The summed E-state index contributed by atoms with van der Waals surface area (Å²) in [5, 5.41) is 3.00. The molecule has 2 fully saturated rings. The molecule has 5 nitrogen and oxygen atoms in total. The van der Waals surface area contributed by atoms with Crippen LogP contribution in [0.1, 0.15) is 50.5 Å². The van der Waals surface area contributed by atoms with Gasteiger partial charge in [0.25, 0.3) is 0 Å². The summed E-state index contributed by atoms with van der Waals surface area (Å²) in [5.41, 5.74) is -1.18. The maximum absolute atomic E-state index is 13.3. The summed E-state index contributed by atoms with van der Waals surface area (Å²) in [6.45, 7) is 0.0226. The minimum Gasteiger partial charge on any atom is -0.353 e. The molecule has 2 aliphatic rings. The van der Waals surface area contributed by atoms with Crippen LogP contribution in [0.25, 0.3) is 0 Å². The van der Waals surface area contributed by atoms with E-state index in [0.29, 0.717) is 12.8 Å². The fourth-order valence-electron chi connectivity index (χ4n) is 4.01. The summed E-state index contributed by atoms with van der Waals surface area (Å²) in [7, 11) is -4.34. The van der Waals surface area contributed by atoms with Crippen molar-refractivity contribution in [2.75, 3.05) is 13.1 Å². The zero-order chi connectivity index (χ0) is 20.4. The van der Waals surface area contributed by atoms with Crippen LogP contribution in [0.5, 0.6) is 0 Å². The maximum Gasteiger partial charge on any atom is 0.417 e. The Morgan fingerprint density at radius 2 is 1.71 bits per heavy atom. The van der Waals surface area contributed by atoms with Gasteiger partial charge < -0.3 is 5.32 Å². The van der Waals surface area contributed by atoms with Gasteiger partial charge in [-0.2, -0.15) is 17.5 Å². The second-order valence-corrected chi connectivity index (χ2v) is 9.45. The highest BCUT2D eigenvalue weighted by molar-refractivity contribution is 7.89. The molecule has 1 atom stereocenters. The van der Waals surface area contributed by atoms with Gasteiger partial charge in [-0.25, -0.2) is 8.42 Å². The number of hydrogen-bond acceptors (Lipinski definition) is 3. The molecule has 1 aliphatic heterocycles. The monoisotopic (exact) mass is 418 g/mol. The van der Waals surface area contributed by atoms with Crippen LogP contribution in [0.3, 0.4) is 0 Å². The van der Waals surface area contributed by atoms with E-state index in [1.807, 2.05) is 0 Å². The molecular formula is C19H25F3N2O3S. The Bertz CT molecular complexity index is 805. The molecule has 1 saturated carbocycles. The van der Waals surface area contributed by atoms with Crippen molar-refractivity contribution in [1.29, 1.82) is 0 Å². The van der Waals surface area contributed by atoms with E-state index < -0.39 is 32.6 Å². The molecule has 28 heavy (non-hydrogen) atoms. The molecule has 1 aromatic rings. The largest absolute Gasteiger partial charge is 0.417 e. The molecule has 0 spiro atoms. The van der Waals surface area contributed by atoms with E-state index in [-0.39, 0.29) is 25.0 Å². The van der Waals surface area contributed by atoms with Crippen LogP contribution in [0, 0.1) is 5.92 Å². The molecule has 1 aromatic carbocycles. The third-order valence-electron chi connectivity index (χ3n) is 5.52. The number of benzene rings is 1. The van der Waals surface area contributed by atoms with E-state index >= 15 is 0 Å². The average molecular weight is 418 g/mol. The molecule has 9 heteroatoms. The van der Waals surface area contributed by atoms with Crippen molar-refractivity contribution in [2.24, 2.45) is 5.92 Å². The number of hydrogen-bond donors (Lipinski definition) is 1. The smallest absolute Gasteiger partial charge is 0.353 e. The predicted octanol–water partition coefficient (Wildman–Crippen LogP) is 3.56. The van der Waals surface area contributed by atoms with Gasteiger partial charge in [-0.3, -0.25) is 4.79 Å². The quantitative estimate of drug-likeness (QED) is 0.813. The van der Waals surface area contributed by atoms with Crippen molar-refractivity contribution in [2.45, 2.75) is 62.1 Å². The fourth-order valence-corrected chi connectivity index (χ4v) is 5.74. The number of piperidine rings is 1. The minimum absolute atomic E-state index is 0.0902. The average Bonchev–Trinajstić information content (AvgIpc) is 2.68. The number of amides is 1. The number of carbonyl (C=O) groups is 1. The molecular weight excluding hydrogens is 393 g/mol. The van der Waals surface area contributed by atoms with Gasteiger partial charge in [0.15, 0.2) is 0 Å². The van der Waals surface area contributed by atoms with Crippen LogP contribution in [0.4, 0.5) is 13.2 Å². The summed E-state index contributed by atoms with van der Waals surface area (Å²) in [6.07, 6.45) is 1.31. The van der Waals surface area contributed by atoms with Crippen molar-refractivity contribution in [3.8, 4) is 0 Å². The lowest BCUT2D eigenvalue weighted by Gasteiger charge is -2.33. The van der Waals surface area contributed by atoms with E-state index in [0.717, 1.165) is 48.5 Å². The van der Waals surface area contributed by atoms with Gasteiger partial charge in [-0.1, -0.05) is 31.4 Å². The number of nitrogens with one attached hydrogen (secondary N) is 1. The van der Waals surface area contributed by atoms with Crippen molar-refractivity contribution in [3.05, 3.63) is 29.8 Å². The third-order valence-corrected chi connectivity index (χ3v) is 7.44. The number of carbonyl (C=O) groups excluding carboxylic acids is 1. The number of rotatable bonds is 4. The lowest BCUT2D eigenvalue weighted by molar-refractivity contribution is -0.140. The highest BCUT2D eigenvalue weighted by Crippen LogP contribution is 2.36. The van der Waals surface area contributed by atoms with Crippen molar-refractivity contribution < 1.29 is 26.4 Å². The second kappa shape index (κ2) is 8.41. The molecule has 0 bridgehead atoms. The van der Waals surface area contributed by atoms with E-state index in [4.69, 9.17) is 0 Å². The topological polar surface area (TPSA) is 66.5 Å². The lowest BCUT2D eigenvalue weighted by atomic mass is 9.93. The minimum atomic E-state index is -4.77. The normalized spacial score (nSPS) is 22.8. The Balaban J connectivity index is 1.75. The number of sulfonamides is 1. The second-order valence-electron chi connectivity index (χ2n) is 7.54. The Morgan fingerprint density at radius 1 is 1.04 bits per heavy atom. The van der Waals surface area contributed by atoms with Crippen LogP contribution in [-0.2, 0) is 21.0 Å². The van der Waals surface area contributed by atoms with Crippen LogP contribution in [0.2, 0.25) is 0 Å². The zero-order valence-corrected chi connectivity index (χ0v) is 16.4. The molecule has 156 valence electrons. The van der Waals surface area contributed by atoms with Crippen molar-refractivity contribution >= 4 is 15.9 Å². The van der Waals surface area contributed by atoms with Gasteiger partial charge in [0.05, 0.1) is 16.4 Å². The summed E-state index contributed by atoms with van der Waals surface area (Å²) in [5.74, 6) is -0.737. The molecule has 3 rings (SSSR count). The first-order valence-electron chi connectivity index (χ1n) is 9.66. The summed E-state index contributed by atoms with van der Waals surface area (Å²) in [6, 6.07) is 4.30. The van der Waals surface area contributed by atoms with Gasteiger partial charge in [0.1, 0.15) is 0 Å². The summed E-state index contributed by atoms with van der Waals surface area (Å²) >= 11 is 0. The van der Waals surface area contributed by atoms with Crippen molar-refractivity contribution in [1.82, 2.24) is 9.62 Å². The van der Waals surface area contributed by atoms with Gasteiger partial charge in [-0.15, -0.1) is 0 Å². The van der Waals surface area contributed by atoms with Gasteiger partial charge in [0, 0.05) is 19.1 Å². The highest BCUT2D eigenvalue weighted by Gasteiger charge is 2.40. The molecule has 0 radical (unpaired) electrons. The Kier molecular flexibility index (Phi) is 6.34. The molecule has 0 aromatic heterocycles. The van der Waals surface area contributed by atoms with Crippen molar-refractivity contribution in [3.63, 3.8) is 0 Å². The standard InChI is InChI=1S/C19H25F3N2O3S/c20-19(21,22)16-10-4-5-11-17(16)28(26,27)24-12-6-7-14(13-24)18(25)23-15-8-2-1-3-9-15/h4-5,10-11,14-15H,1-3,6-9,12-13H2,(H,23,25). The first-order valence-corrected chi connectivity index (χ1v) is 11.1. The van der Waals surface area contributed by atoms with Crippen LogP contribution in [-0.4, -0.2) is 37.8 Å². The van der Waals surface area contributed by atoms with Gasteiger partial charge in [-0.05, 0) is 37.8 Å². The number of halogens is 3. The first-order chi connectivity index (χ1) is 13.2. The van der Waals surface area contributed by atoms with Gasteiger partial charge in [0.2, 0.25) is 15.9 Å². The maximum atomic E-state index is 13.3. The Hall–Kier alpha value is -1.61. The highest BCUT2D eigenvalue weighted by atomic mass is 32.2. The van der Waals surface area contributed by atoms with E-state index in [9.17, 15) is 26.4 Å². The van der Waals surface area contributed by atoms with Crippen LogP contribution >= 0.6 is 0 Å². The lowest BCUT2D eigenvalue weighted by Crippen LogP contribution is -2.48. The Labute approximate surface area is 163 Å². The number of nitrogens with zero attached hydrogens (tertiary/aromatic N) is 1.